The summed E-state index contributed by atoms with van der Waals surface area (Å²) in [6.45, 7) is 5.33. The number of hydrogen-bond donors (Lipinski definition) is 1. The van der Waals surface area contributed by atoms with Crippen LogP contribution < -0.4 is 5.32 Å². The molecule has 1 aromatic rings. The topological polar surface area (TPSA) is 12.0 Å². The summed E-state index contributed by atoms with van der Waals surface area (Å²) < 4.78 is 13.3. The van der Waals surface area contributed by atoms with Gasteiger partial charge in [0.15, 0.2) is 0 Å². The van der Waals surface area contributed by atoms with Crippen LogP contribution in [-0.4, -0.2) is 6.04 Å². The van der Waals surface area contributed by atoms with Gasteiger partial charge in [-0.1, -0.05) is 44.4 Å². The van der Waals surface area contributed by atoms with Crippen LogP contribution in [0.15, 0.2) is 18.2 Å². The summed E-state index contributed by atoms with van der Waals surface area (Å²) in [7, 11) is 0. The van der Waals surface area contributed by atoms with E-state index in [4.69, 9.17) is 11.6 Å². The second kappa shape index (κ2) is 5.58. The molecule has 100 valence electrons. The van der Waals surface area contributed by atoms with E-state index in [1.807, 2.05) is 6.07 Å². The Hall–Kier alpha value is -0.600. The molecule has 1 aliphatic carbocycles. The lowest BCUT2D eigenvalue weighted by Gasteiger charge is -2.39. The number of rotatable bonds is 3. The van der Waals surface area contributed by atoms with Gasteiger partial charge in [0.05, 0.1) is 5.02 Å². The van der Waals surface area contributed by atoms with Crippen molar-refractivity contribution < 1.29 is 4.39 Å². The largest absolute Gasteiger partial charge is 0.309 e. The van der Waals surface area contributed by atoms with Gasteiger partial charge in [-0.3, -0.25) is 0 Å². The van der Waals surface area contributed by atoms with Gasteiger partial charge in [-0.05, 0) is 36.0 Å². The summed E-state index contributed by atoms with van der Waals surface area (Å²) in [6.07, 6.45) is 5.08. The SMILES string of the molecule is CC1(C)CCCCC1NCc1ccc(Cl)c(F)c1. The molecule has 0 heterocycles. The summed E-state index contributed by atoms with van der Waals surface area (Å²) in [4.78, 5) is 0. The van der Waals surface area contributed by atoms with Crippen molar-refractivity contribution >= 4 is 11.6 Å². The molecule has 0 aliphatic heterocycles. The zero-order valence-electron chi connectivity index (χ0n) is 11.1. The first kappa shape index (κ1) is 13.8. The zero-order valence-corrected chi connectivity index (χ0v) is 11.9. The Morgan fingerprint density at radius 1 is 1.39 bits per heavy atom. The van der Waals surface area contributed by atoms with Gasteiger partial charge in [-0.25, -0.2) is 4.39 Å². The van der Waals surface area contributed by atoms with E-state index < -0.39 is 0 Å². The lowest BCUT2D eigenvalue weighted by atomic mass is 9.73. The molecule has 2 rings (SSSR count). The van der Waals surface area contributed by atoms with Gasteiger partial charge in [0.2, 0.25) is 0 Å². The molecule has 1 N–H and O–H groups in total. The van der Waals surface area contributed by atoms with Gasteiger partial charge in [0.1, 0.15) is 5.82 Å². The highest BCUT2D eigenvalue weighted by molar-refractivity contribution is 6.30. The van der Waals surface area contributed by atoms with Crippen molar-refractivity contribution in [1.29, 1.82) is 0 Å². The molecule has 1 unspecified atom stereocenters. The summed E-state index contributed by atoms with van der Waals surface area (Å²) >= 11 is 5.68. The summed E-state index contributed by atoms with van der Waals surface area (Å²) in [5, 5.41) is 3.76. The molecule has 1 atom stereocenters. The second-order valence-electron chi connectivity index (χ2n) is 5.92. The van der Waals surface area contributed by atoms with E-state index in [2.05, 4.69) is 19.2 Å². The van der Waals surface area contributed by atoms with Crippen LogP contribution in [0.1, 0.15) is 45.1 Å². The van der Waals surface area contributed by atoms with Crippen LogP contribution in [-0.2, 0) is 6.54 Å². The van der Waals surface area contributed by atoms with Crippen molar-refractivity contribution in [1.82, 2.24) is 5.32 Å². The maximum Gasteiger partial charge on any atom is 0.142 e. The third-order valence-corrected chi connectivity index (χ3v) is 4.35. The van der Waals surface area contributed by atoms with Gasteiger partial charge < -0.3 is 5.32 Å². The third kappa shape index (κ3) is 3.24. The average molecular weight is 270 g/mol. The lowest BCUT2D eigenvalue weighted by Crippen LogP contribution is -2.43. The summed E-state index contributed by atoms with van der Waals surface area (Å²) in [6, 6.07) is 5.55. The first-order chi connectivity index (χ1) is 8.49. The van der Waals surface area contributed by atoms with E-state index in [-0.39, 0.29) is 10.8 Å². The smallest absolute Gasteiger partial charge is 0.142 e. The standard InChI is InChI=1S/C15H21ClFN/c1-15(2)8-4-3-5-14(15)18-10-11-6-7-12(16)13(17)9-11/h6-7,9,14,18H,3-5,8,10H2,1-2H3. The van der Waals surface area contributed by atoms with Crippen molar-refractivity contribution in [3.8, 4) is 0 Å². The van der Waals surface area contributed by atoms with Crippen LogP contribution in [0.3, 0.4) is 0 Å². The number of benzene rings is 1. The van der Waals surface area contributed by atoms with Crippen molar-refractivity contribution in [2.24, 2.45) is 5.41 Å². The van der Waals surface area contributed by atoms with Crippen molar-refractivity contribution in [3.63, 3.8) is 0 Å². The maximum absolute atomic E-state index is 13.3. The molecule has 1 nitrogen and oxygen atoms in total. The van der Waals surface area contributed by atoms with Crippen LogP contribution in [0, 0.1) is 11.2 Å². The first-order valence-electron chi connectivity index (χ1n) is 6.66. The summed E-state index contributed by atoms with van der Waals surface area (Å²) in [5.74, 6) is -0.334. The van der Waals surface area contributed by atoms with Crippen LogP contribution >= 0.6 is 11.6 Å². The molecule has 0 aromatic heterocycles. The average Bonchev–Trinajstić information content (AvgIpc) is 2.31. The highest BCUT2D eigenvalue weighted by Gasteiger charge is 2.31. The molecule has 1 saturated carbocycles. The minimum atomic E-state index is -0.334. The number of nitrogens with one attached hydrogen (secondary N) is 1. The predicted octanol–water partition coefficient (Wildman–Crippen LogP) is 4.54. The fourth-order valence-electron chi connectivity index (χ4n) is 2.76. The molecule has 1 aromatic carbocycles. The molecule has 1 aliphatic rings. The number of halogens is 2. The molecule has 0 spiro atoms. The van der Waals surface area contributed by atoms with Gasteiger partial charge in [-0.15, -0.1) is 0 Å². The van der Waals surface area contributed by atoms with Crippen molar-refractivity contribution in [3.05, 3.63) is 34.6 Å². The van der Waals surface area contributed by atoms with Crippen LogP contribution in [0.25, 0.3) is 0 Å². The Labute approximate surface area is 114 Å². The molecule has 0 bridgehead atoms. The Morgan fingerprint density at radius 3 is 2.83 bits per heavy atom. The molecule has 1 fully saturated rings. The Morgan fingerprint density at radius 2 is 2.17 bits per heavy atom. The second-order valence-corrected chi connectivity index (χ2v) is 6.32. The Kier molecular flexibility index (Phi) is 4.29. The van der Waals surface area contributed by atoms with Crippen LogP contribution in [0.2, 0.25) is 5.02 Å². The third-order valence-electron chi connectivity index (χ3n) is 4.04. The van der Waals surface area contributed by atoms with Crippen LogP contribution in [0.4, 0.5) is 4.39 Å². The highest BCUT2D eigenvalue weighted by Crippen LogP contribution is 2.35. The van der Waals surface area contributed by atoms with Gasteiger partial charge in [-0.2, -0.15) is 0 Å². The van der Waals surface area contributed by atoms with Crippen molar-refractivity contribution in [2.45, 2.75) is 52.1 Å². The van der Waals surface area contributed by atoms with E-state index in [1.54, 1.807) is 6.07 Å². The molecule has 0 radical (unpaired) electrons. The molecule has 0 amide bonds. The Bertz CT molecular complexity index is 417. The number of hydrogen-bond acceptors (Lipinski definition) is 1. The minimum absolute atomic E-state index is 0.191. The molecule has 3 heteroatoms. The van der Waals surface area contributed by atoms with E-state index in [0.29, 0.717) is 18.0 Å². The lowest BCUT2D eigenvalue weighted by molar-refractivity contribution is 0.166. The fourth-order valence-corrected chi connectivity index (χ4v) is 2.88. The quantitative estimate of drug-likeness (QED) is 0.850. The molecular weight excluding hydrogens is 249 g/mol. The highest BCUT2D eigenvalue weighted by atomic mass is 35.5. The normalized spacial score (nSPS) is 23.0. The van der Waals surface area contributed by atoms with E-state index in [0.717, 1.165) is 5.56 Å². The minimum Gasteiger partial charge on any atom is -0.309 e. The van der Waals surface area contributed by atoms with Gasteiger partial charge in [0, 0.05) is 12.6 Å². The monoisotopic (exact) mass is 269 g/mol. The maximum atomic E-state index is 13.3. The first-order valence-corrected chi connectivity index (χ1v) is 7.04. The zero-order chi connectivity index (χ0) is 13.2. The van der Waals surface area contributed by atoms with E-state index in [9.17, 15) is 4.39 Å². The predicted molar refractivity (Wildman–Crippen MR) is 74.3 cm³/mol. The molecular formula is C15H21ClFN. The fraction of sp³-hybridized carbons (Fsp3) is 0.600. The van der Waals surface area contributed by atoms with Crippen molar-refractivity contribution in [2.75, 3.05) is 0 Å². The van der Waals surface area contributed by atoms with E-state index >= 15 is 0 Å². The molecule has 0 saturated heterocycles. The molecule has 18 heavy (non-hydrogen) atoms. The van der Waals surface area contributed by atoms with Gasteiger partial charge in [0.25, 0.3) is 0 Å². The van der Waals surface area contributed by atoms with E-state index in [1.165, 1.54) is 31.7 Å². The Balaban J connectivity index is 1.96. The van der Waals surface area contributed by atoms with Crippen LogP contribution in [0.5, 0.6) is 0 Å². The van der Waals surface area contributed by atoms with Gasteiger partial charge >= 0.3 is 0 Å². The summed E-state index contributed by atoms with van der Waals surface area (Å²) in [5.41, 5.74) is 1.29.